The Balaban J connectivity index is 2.13. The number of carbonyl (C=O) groups excluding carboxylic acids is 1. The van der Waals surface area contributed by atoms with Crippen LogP contribution in [-0.2, 0) is 6.54 Å². The smallest absolute Gasteiger partial charge is 0.322 e. The molecular formula is C17H19N3O4. The number of urea groups is 1. The number of hydrogen-bond donors (Lipinski definition) is 1. The zero-order valence-electron chi connectivity index (χ0n) is 13.6. The van der Waals surface area contributed by atoms with E-state index in [1.807, 2.05) is 6.92 Å². The first-order chi connectivity index (χ1) is 11.5. The third-order valence-corrected chi connectivity index (χ3v) is 3.54. The number of ether oxygens (including phenoxy) is 1. The summed E-state index contributed by atoms with van der Waals surface area (Å²) in [7, 11) is 1.55. The van der Waals surface area contributed by atoms with Crippen molar-refractivity contribution in [1.82, 2.24) is 4.90 Å². The number of nitro benzene ring substituents is 1. The monoisotopic (exact) mass is 329 g/mol. The molecule has 0 spiro atoms. The summed E-state index contributed by atoms with van der Waals surface area (Å²) >= 11 is 0. The van der Waals surface area contributed by atoms with Crippen molar-refractivity contribution in [2.75, 3.05) is 19.0 Å². The molecule has 1 N–H and O–H groups in total. The number of nitrogens with zero attached hydrogens (tertiary/aromatic N) is 2. The SMILES string of the molecule is CCN(Cc1ccccc1[N+](=O)[O-])C(=O)Nc1cccc(OC)c1. The van der Waals surface area contributed by atoms with Crippen LogP contribution >= 0.6 is 0 Å². The van der Waals surface area contributed by atoms with Gasteiger partial charge in [0.1, 0.15) is 5.75 Å². The van der Waals surface area contributed by atoms with Crippen LogP contribution in [0.25, 0.3) is 0 Å². The minimum Gasteiger partial charge on any atom is -0.497 e. The molecule has 2 aromatic rings. The van der Waals surface area contributed by atoms with E-state index < -0.39 is 4.92 Å². The summed E-state index contributed by atoms with van der Waals surface area (Å²) in [5.74, 6) is 0.634. The van der Waals surface area contributed by atoms with Crippen molar-refractivity contribution in [3.8, 4) is 5.75 Å². The summed E-state index contributed by atoms with van der Waals surface area (Å²) in [4.78, 5) is 24.6. The molecule has 2 aromatic carbocycles. The number of benzene rings is 2. The molecule has 0 fully saturated rings. The summed E-state index contributed by atoms with van der Waals surface area (Å²) < 4.78 is 5.12. The molecule has 0 aliphatic rings. The van der Waals surface area contributed by atoms with Gasteiger partial charge in [0.05, 0.1) is 18.6 Å². The molecule has 0 heterocycles. The maximum absolute atomic E-state index is 12.4. The van der Waals surface area contributed by atoms with E-state index in [1.54, 1.807) is 49.6 Å². The van der Waals surface area contributed by atoms with Gasteiger partial charge in [-0.2, -0.15) is 0 Å². The first-order valence-corrected chi connectivity index (χ1v) is 7.47. The Bertz CT molecular complexity index is 733. The molecule has 0 bridgehead atoms. The van der Waals surface area contributed by atoms with Crippen LogP contribution in [0.15, 0.2) is 48.5 Å². The molecule has 0 saturated heterocycles. The standard InChI is InChI=1S/C17H19N3O4/c1-3-19(12-13-7-4-5-10-16(13)20(22)23)17(21)18-14-8-6-9-15(11-14)24-2/h4-11H,3,12H2,1-2H3,(H,18,21). The van der Waals surface area contributed by atoms with Crippen LogP contribution in [0.2, 0.25) is 0 Å². The fraction of sp³-hybridized carbons (Fsp3) is 0.235. The molecule has 24 heavy (non-hydrogen) atoms. The van der Waals surface area contributed by atoms with Crippen molar-refractivity contribution >= 4 is 17.4 Å². The first-order valence-electron chi connectivity index (χ1n) is 7.47. The van der Waals surface area contributed by atoms with Crippen molar-refractivity contribution in [3.63, 3.8) is 0 Å². The number of amides is 2. The van der Waals surface area contributed by atoms with Gasteiger partial charge in [0.2, 0.25) is 0 Å². The molecule has 2 rings (SSSR count). The summed E-state index contributed by atoms with van der Waals surface area (Å²) in [6.45, 7) is 2.39. The number of anilines is 1. The van der Waals surface area contributed by atoms with E-state index in [2.05, 4.69) is 5.32 Å². The Kier molecular flexibility index (Phi) is 5.73. The van der Waals surface area contributed by atoms with Crippen molar-refractivity contribution in [2.24, 2.45) is 0 Å². The zero-order chi connectivity index (χ0) is 17.5. The molecule has 0 saturated carbocycles. The van der Waals surface area contributed by atoms with E-state index in [1.165, 1.54) is 11.0 Å². The highest BCUT2D eigenvalue weighted by molar-refractivity contribution is 5.89. The van der Waals surface area contributed by atoms with Gasteiger partial charge < -0.3 is 15.0 Å². The highest BCUT2D eigenvalue weighted by Crippen LogP contribution is 2.21. The van der Waals surface area contributed by atoms with Crippen LogP contribution in [0.5, 0.6) is 5.75 Å². The van der Waals surface area contributed by atoms with Gasteiger partial charge >= 0.3 is 6.03 Å². The molecule has 2 amide bonds. The van der Waals surface area contributed by atoms with Crippen LogP contribution in [0, 0.1) is 10.1 Å². The molecule has 0 aromatic heterocycles. The molecule has 7 heteroatoms. The highest BCUT2D eigenvalue weighted by Gasteiger charge is 2.18. The third-order valence-electron chi connectivity index (χ3n) is 3.54. The zero-order valence-corrected chi connectivity index (χ0v) is 13.6. The largest absolute Gasteiger partial charge is 0.497 e. The minimum absolute atomic E-state index is 0.00475. The van der Waals surface area contributed by atoms with Gasteiger partial charge in [0.15, 0.2) is 0 Å². The number of para-hydroxylation sites is 1. The average molecular weight is 329 g/mol. The molecule has 0 aliphatic carbocycles. The maximum atomic E-state index is 12.4. The molecule has 0 atom stereocenters. The van der Waals surface area contributed by atoms with Crippen LogP contribution in [0.3, 0.4) is 0 Å². The average Bonchev–Trinajstić information content (AvgIpc) is 2.59. The third kappa shape index (κ3) is 4.22. The van der Waals surface area contributed by atoms with Gasteiger partial charge in [-0.25, -0.2) is 4.79 Å². The van der Waals surface area contributed by atoms with Gasteiger partial charge in [0.25, 0.3) is 5.69 Å². The van der Waals surface area contributed by atoms with E-state index in [4.69, 9.17) is 4.74 Å². The minimum atomic E-state index is -0.441. The van der Waals surface area contributed by atoms with Gasteiger partial charge in [-0.15, -0.1) is 0 Å². The Labute approximate surface area is 140 Å². The van der Waals surface area contributed by atoms with Crippen LogP contribution < -0.4 is 10.1 Å². The lowest BCUT2D eigenvalue weighted by molar-refractivity contribution is -0.385. The number of nitro groups is 1. The lowest BCUT2D eigenvalue weighted by atomic mass is 10.1. The second-order valence-corrected chi connectivity index (χ2v) is 5.06. The van der Waals surface area contributed by atoms with Gasteiger partial charge in [-0.1, -0.05) is 24.3 Å². The number of nitrogens with one attached hydrogen (secondary N) is 1. The van der Waals surface area contributed by atoms with Crippen molar-refractivity contribution in [3.05, 3.63) is 64.2 Å². The van der Waals surface area contributed by atoms with Gasteiger partial charge in [-0.05, 0) is 19.1 Å². The van der Waals surface area contributed by atoms with Gasteiger partial charge in [0, 0.05) is 29.9 Å². The Morgan fingerprint density at radius 2 is 2.00 bits per heavy atom. The Morgan fingerprint density at radius 1 is 1.25 bits per heavy atom. The Hall–Kier alpha value is -3.09. The topological polar surface area (TPSA) is 84.7 Å². The molecule has 0 unspecified atom stereocenters. The van der Waals surface area contributed by atoms with E-state index in [0.29, 0.717) is 23.5 Å². The normalized spacial score (nSPS) is 10.1. The van der Waals surface area contributed by atoms with E-state index in [0.717, 1.165) is 0 Å². The van der Waals surface area contributed by atoms with E-state index in [-0.39, 0.29) is 18.3 Å². The highest BCUT2D eigenvalue weighted by atomic mass is 16.6. The summed E-state index contributed by atoms with van der Waals surface area (Å²) in [5.41, 5.74) is 1.09. The number of hydrogen-bond acceptors (Lipinski definition) is 4. The second kappa shape index (κ2) is 7.96. The number of methoxy groups -OCH3 is 1. The molecule has 126 valence electrons. The van der Waals surface area contributed by atoms with Crippen molar-refractivity contribution in [2.45, 2.75) is 13.5 Å². The first kappa shape index (κ1) is 17.3. The fourth-order valence-corrected chi connectivity index (χ4v) is 2.26. The van der Waals surface area contributed by atoms with E-state index >= 15 is 0 Å². The lowest BCUT2D eigenvalue weighted by Crippen LogP contribution is -2.34. The number of carbonyl (C=O) groups is 1. The van der Waals surface area contributed by atoms with Crippen LogP contribution in [0.1, 0.15) is 12.5 Å². The molecule has 0 aliphatic heterocycles. The predicted octanol–water partition coefficient (Wildman–Crippen LogP) is 3.66. The molecule has 7 nitrogen and oxygen atoms in total. The summed E-state index contributed by atoms with van der Waals surface area (Å²) in [5, 5.41) is 13.9. The Morgan fingerprint density at radius 3 is 2.67 bits per heavy atom. The van der Waals surface area contributed by atoms with Crippen molar-refractivity contribution in [1.29, 1.82) is 0 Å². The second-order valence-electron chi connectivity index (χ2n) is 5.06. The van der Waals surface area contributed by atoms with Crippen LogP contribution in [-0.4, -0.2) is 29.5 Å². The lowest BCUT2D eigenvalue weighted by Gasteiger charge is -2.21. The quantitative estimate of drug-likeness (QED) is 0.647. The molecular weight excluding hydrogens is 310 g/mol. The van der Waals surface area contributed by atoms with Crippen LogP contribution in [0.4, 0.5) is 16.2 Å². The van der Waals surface area contributed by atoms with Gasteiger partial charge in [-0.3, -0.25) is 10.1 Å². The summed E-state index contributed by atoms with van der Waals surface area (Å²) in [6, 6.07) is 13.1. The maximum Gasteiger partial charge on any atom is 0.322 e. The molecule has 0 radical (unpaired) electrons. The fourth-order valence-electron chi connectivity index (χ4n) is 2.26. The van der Waals surface area contributed by atoms with E-state index in [9.17, 15) is 14.9 Å². The summed E-state index contributed by atoms with van der Waals surface area (Å²) in [6.07, 6.45) is 0. The predicted molar refractivity (Wildman–Crippen MR) is 91.2 cm³/mol. The van der Waals surface area contributed by atoms with Crippen molar-refractivity contribution < 1.29 is 14.5 Å². The number of rotatable bonds is 6.